The monoisotopic (exact) mass is 372 g/mol. The highest BCUT2D eigenvalue weighted by atomic mass is 16.4. The van der Waals surface area contributed by atoms with Gasteiger partial charge in [0.05, 0.1) is 0 Å². The van der Waals surface area contributed by atoms with E-state index in [-0.39, 0.29) is 40.7 Å². The molecule has 4 aliphatic rings. The molecule has 4 heteroatoms. The van der Waals surface area contributed by atoms with Crippen molar-refractivity contribution in [2.45, 2.75) is 72.1 Å². The summed E-state index contributed by atoms with van der Waals surface area (Å²) in [6, 6.07) is 0. The average molecular weight is 373 g/mol. The van der Waals surface area contributed by atoms with Crippen molar-refractivity contribution in [3.63, 3.8) is 0 Å². The highest BCUT2D eigenvalue weighted by Crippen LogP contribution is 2.68. The first-order valence-corrected chi connectivity index (χ1v) is 10.6. The largest absolute Gasteiger partial charge is 0.481 e. The molecule has 4 aliphatic carbocycles. The van der Waals surface area contributed by atoms with Crippen molar-refractivity contribution >= 4 is 17.5 Å². The Morgan fingerprint density at radius 2 is 1.93 bits per heavy atom. The standard InChI is InChI=1S/C23H32O4/c1-13(24)18-6-7-19-17-5-4-15-11-16(25)8-9-22(15,2)21(17)14(10-20(26)27)12-23(18,19)3/h11,14,17-19,21H,4-10,12H2,1-3H3,(H,26,27)/t14-,17+,18-,19+,21+,22+,23-/m1/s1. The molecule has 0 saturated heterocycles. The van der Waals surface area contributed by atoms with Crippen molar-refractivity contribution in [2.24, 2.45) is 40.4 Å². The van der Waals surface area contributed by atoms with Gasteiger partial charge in [0.2, 0.25) is 0 Å². The first-order chi connectivity index (χ1) is 12.7. The third-order valence-electron chi connectivity index (χ3n) is 8.97. The summed E-state index contributed by atoms with van der Waals surface area (Å²) >= 11 is 0. The van der Waals surface area contributed by atoms with Crippen LogP contribution < -0.4 is 0 Å². The molecular weight excluding hydrogens is 340 g/mol. The molecule has 148 valence electrons. The zero-order valence-electron chi connectivity index (χ0n) is 16.8. The van der Waals surface area contributed by atoms with Gasteiger partial charge in [-0.3, -0.25) is 14.4 Å². The van der Waals surface area contributed by atoms with E-state index in [1.807, 2.05) is 6.08 Å². The van der Waals surface area contributed by atoms with E-state index in [1.165, 1.54) is 5.57 Å². The number of ketones is 2. The predicted octanol–water partition coefficient (Wildman–Crippen LogP) is 4.42. The Morgan fingerprint density at radius 1 is 1.19 bits per heavy atom. The summed E-state index contributed by atoms with van der Waals surface area (Å²) in [5.41, 5.74) is 1.15. The lowest BCUT2D eigenvalue weighted by Gasteiger charge is -2.61. The fourth-order valence-corrected chi connectivity index (χ4v) is 8.05. The number of fused-ring (bicyclic) bond motifs is 5. The molecule has 7 atom stereocenters. The summed E-state index contributed by atoms with van der Waals surface area (Å²) < 4.78 is 0. The molecule has 0 aliphatic heterocycles. The molecule has 27 heavy (non-hydrogen) atoms. The second-order valence-corrected chi connectivity index (χ2v) is 10.2. The van der Waals surface area contributed by atoms with Gasteiger partial charge >= 0.3 is 5.97 Å². The molecule has 3 fully saturated rings. The van der Waals surface area contributed by atoms with Crippen LogP contribution in [-0.4, -0.2) is 22.6 Å². The zero-order valence-corrected chi connectivity index (χ0v) is 16.8. The van der Waals surface area contributed by atoms with Crippen LogP contribution in [0.15, 0.2) is 11.6 Å². The van der Waals surface area contributed by atoms with Gasteiger partial charge in [-0.05, 0) is 86.0 Å². The van der Waals surface area contributed by atoms with Gasteiger partial charge in [0.1, 0.15) is 5.78 Å². The number of rotatable bonds is 3. The molecule has 0 amide bonds. The smallest absolute Gasteiger partial charge is 0.303 e. The summed E-state index contributed by atoms with van der Waals surface area (Å²) in [6.45, 7) is 6.27. The SMILES string of the molecule is CC(=O)[C@H]1CC[C@H]2[C@@H]3CCC4=CC(=O)CC[C@]4(C)[C@H]3[C@H](CC(=O)O)C[C@]12C. The van der Waals surface area contributed by atoms with E-state index in [2.05, 4.69) is 13.8 Å². The van der Waals surface area contributed by atoms with Gasteiger partial charge in [0.25, 0.3) is 0 Å². The highest BCUT2D eigenvalue weighted by molar-refractivity contribution is 5.91. The molecule has 3 saturated carbocycles. The summed E-state index contributed by atoms with van der Waals surface area (Å²) in [5.74, 6) is 1.26. The maximum absolute atomic E-state index is 12.4. The molecule has 1 N–H and O–H groups in total. The summed E-state index contributed by atoms with van der Waals surface area (Å²) in [5, 5.41) is 9.64. The number of aliphatic carboxylic acids is 1. The van der Waals surface area contributed by atoms with Crippen LogP contribution >= 0.6 is 0 Å². The minimum absolute atomic E-state index is 0.0490. The van der Waals surface area contributed by atoms with E-state index < -0.39 is 5.97 Å². The molecule has 0 aromatic rings. The fourth-order valence-electron chi connectivity index (χ4n) is 8.05. The maximum atomic E-state index is 12.4. The third kappa shape index (κ3) is 2.74. The average Bonchev–Trinajstić information content (AvgIpc) is 2.91. The highest BCUT2D eigenvalue weighted by Gasteiger charge is 2.62. The summed E-state index contributed by atoms with van der Waals surface area (Å²) in [6.07, 6.45) is 8.39. The topological polar surface area (TPSA) is 71.4 Å². The predicted molar refractivity (Wildman–Crippen MR) is 102 cm³/mol. The minimum atomic E-state index is -0.732. The van der Waals surface area contributed by atoms with E-state index in [9.17, 15) is 19.5 Å². The van der Waals surface area contributed by atoms with Crippen LogP contribution in [0.2, 0.25) is 0 Å². The number of hydrogen-bond donors (Lipinski definition) is 1. The molecule has 4 nitrogen and oxygen atoms in total. The van der Waals surface area contributed by atoms with E-state index >= 15 is 0 Å². The Labute approximate surface area is 161 Å². The van der Waals surface area contributed by atoms with Gasteiger partial charge in [-0.1, -0.05) is 19.4 Å². The number of carboxylic acids is 1. The van der Waals surface area contributed by atoms with E-state index in [4.69, 9.17) is 0 Å². The van der Waals surface area contributed by atoms with Gasteiger partial charge < -0.3 is 5.11 Å². The van der Waals surface area contributed by atoms with Gasteiger partial charge in [0.15, 0.2) is 5.78 Å². The van der Waals surface area contributed by atoms with Crippen LogP contribution in [0.3, 0.4) is 0 Å². The van der Waals surface area contributed by atoms with Crippen LogP contribution in [-0.2, 0) is 14.4 Å². The van der Waals surface area contributed by atoms with Crippen LogP contribution in [0.4, 0.5) is 0 Å². The molecule has 0 spiro atoms. The van der Waals surface area contributed by atoms with Gasteiger partial charge in [-0.2, -0.15) is 0 Å². The minimum Gasteiger partial charge on any atom is -0.481 e. The lowest BCUT2D eigenvalue weighted by molar-refractivity contribution is -0.146. The lowest BCUT2D eigenvalue weighted by Crippen LogP contribution is -2.55. The van der Waals surface area contributed by atoms with Crippen LogP contribution in [0.25, 0.3) is 0 Å². The molecule has 0 radical (unpaired) electrons. The van der Waals surface area contributed by atoms with E-state index in [1.54, 1.807) is 6.92 Å². The first kappa shape index (κ1) is 18.9. The maximum Gasteiger partial charge on any atom is 0.303 e. The second kappa shape index (κ2) is 6.28. The van der Waals surface area contributed by atoms with Gasteiger partial charge in [0, 0.05) is 18.8 Å². The van der Waals surface area contributed by atoms with Crippen LogP contribution in [0.1, 0.15) is 72.1 Å². The van der Waals surface area contributed by atoms with Gasteiger partial charge in [-0.15, -0.1) is 0 Å². The van der Waals surface area contributed by atoms with Crippen molar-refractivity contribution in [1.29, 1.82) is 0 Å². The number of hydrogen-bond acceptors (Lipinski definition) is 3. The molecule has 4 rings (SSSR count). The van der Waals surface area contributed by atoms with Crippen LogP contribution in [0.5, 0.6) is 0 Å². The number of carbonyl (C=O) groups is 3. The molecule has 0 unspecified atom stereocenters. The van der Waals surface area contributed by atoms with Crippen molar-refractivity contribution in [3.05, 3.63) is 11.6 Å². The normalized spacial score (nSPS) is 46.1. The Morgan fingerprint density at radius 3 is 2.59 bits per heavy atom. The number of carboxylic acid groups (broad SMARTS) is 1. The zero-order chi connectivity index (χ0) is 19.6. The van der Waals surface area contributed by atoms with E-state index in [0.717, 1.165) is 38.5 Å². The third-order valence-corrected chi connectivity index (χ3v) is 8.97. The molecule has 0 aromatic heterocycles. The van der Waals surface area contributed by atoms with Crippen molar-refractivity contribution in [1.82, 2.24) is 0 Å². The first-order valence-electron chi connectivity index (χ1n) is 10.6. The summed E-state index contributed by atoms with van der Waals surface area (Å²) in [4.78, 5) is 36.1. The van der Waals surface area contributed by atoms with Crippen molar-refractivity contribution < 1.29 is 19.5 Å². The Hall–Kier alpha value is -1.45. The second-order valence-electron chi connectivity index (χ2n) is 10.2. The van der Waals surface area contributed by atoms with Crippen molar-refractivity contribution in [2.75, 3.05) is 0 Å². The van der Waals surface area contributed by atoms with Crippen molar-refractivity contribution in [3.8, 4) is 0 Å². The van der Waals surface area contributed by atoms with Crippen LogP contribution in [0, 0.1) is 40.4 Å². The Balaban J connectivity index is 1.77. The molecular formula is C23H32O4. The molecule has 0 aromatic carbocycles. The van der Waals surface area contributed by atoms with E-state index in [0.29, 0.717) is 24.2 Å². The Bertz CT molecular complexity index is 722. The molecule has 0 bridgehead atoms. The Kier molecular flexibility index (Phi) is 4.40. The summed E-state index contributed by atoms with van der Waals surface area (Å²) in [7, 11) is 0. The quantitative estimate of drug-likeness (QED) is 0.796. The molecule has 0 heterocycles. The number of carbonyl (C=O) groups excluding carboxylic acids is 2. The lowest BCUT2D eigenvalue weighted by atomic mass is 9.43. The number of allylic oxidation sites excluding steroid dienone is 1. The fraction of sp³-hybridized carbons (Fsp3) is 0.783. The van der Waals surface area contributed by atoms with Gasteiger partial charge in [-0.25, -0.2) is 0 Å². The number of Topliss-reactive ketones (excluding diaryl/α,β-unsaturated/α-hetero) is 1.